The molecule has 2 aromatic carbocycles. The first-order chi connectivity index (χ1) is 14.0. The molecule has 2 fully saturated rings. The van der Waals surface area contributed by atoms with Crippen molar-refractivity contribution in [1.29, 1.82) is 0 Å². The van der Waals surface area contributed by atoms with Gasteiger partial charge in [-0.1, -0.05) is 18.2 Å². The van der Waals surface area contributed by atoms with Gasteiger partial charge in [0, 0.05) is 42.0 Å². The van der Waals surface area contributed by atoms with E-state index in [-0.39, 0.29) is 23.7 Å². The normalized spacial score (nSPS) is 15.4. The van der Waals surface area contributed by atoms with E-state index in [0.717, 1.165) is 31.2 Å². The highest BCUT2D eigenvalue weighted by Crippen LogP contribution is 2.29. The van der Waals surface area contributed by atoms with E-state index in [4.69, 9.17) is 0 Å². The van der Waals surface area contributed by atoms with Crippen molar-refractivity contribution in [3.63, 3.8) is 0 Å². The second-order valence-electron chi connectivity index (χ2n) is 7.54. The molecule has 0 heterocycles. The van der Waals surface area contributed by atoms with Crippen LogP contribution in [-0.2, 0) is 6.54 Å². The monoisotopic (exact) mass is 394 g/mol. The smallest absolute Gasteiger partial charge is 0.322 e. The third-order valence-corrected chi connectivity index (χ3v) is 5.04. The number of urea groups is 1. The van der Waals surface area contributed by atoms with Gasteiger partial charge >= 0.3 is 6.03 Å². The predicted molar refractivity (Wildman–Crippen MR) is 108 cm³/mol. The van der Waals surface area contributed by atoms with Gasteiger partial charge in [-0.25, -0.2) is 4.79 Å². The summed E-state index contributed by atoms with van der Waals surface area (Å²) < 4.78 is 0. The minimum Gasteiger partial charge on any atom is -0.349 e. The van der Waals surface area contributed by atoms with Crippen LogP contribution in [-0.4, -0.2) is 33.8 Å². The Labute approximate surface area is 168 Å². The molecule has 29 heavy (non-hydrogen) atoms. The van der Waals surface area contributed by atoms with Gasteiger partial charge in [-0.15, -0.1) is 0 Å². The van der Waals surface area contributed by atoms with E-state index in [9.17, 15) is 19.7 Å². The van der Waals surface area contributed by atoms with Crippen LogP contribution in [0, 0.1) is 10.1 Å². The number of rotatable bonds is 7. The van der Waals surface area contributed by atoms with Crippen LogP contribution in [0.3, 0.4) is 0 Å². The number of non-ortho nitro benzene ring substituents is 1. The zero-order valence-electron chi connectivity index (χ0n) is 15.8. The van der Waals surface area contributed by atoms with E-state index in [1.165, 1.54) is 12.1 Å². The SMILES string of the molecule is O=C(NC1CC1)c1ccc(CN(C(=O)Nc2cccc([N+](=O)[O-])c2)C2CC2)cc1. The Morgan fingerprint density at radius 1 is 1.07 bits per heavy atom. The summed E-state index contributed by atoms with van der Waals surface area (Å²) in [6.07, 6.45) is 3.95. The zero-order chi connectivity index (χ0) is 20.4. The Morgan fingerprint density at radius 3 is 2.41 bits per heavy atom. The van der Waals surface area contributed by atoms with Crippen molar-refractivity contribution < 1.29 is 14.5 Å². The van der Waals surface area contributed by atoms with Gasteiger partial charge in [0.05, 0.1) is 4.92 Å². The number of amides is 3. The highest BCUT2D eigenvalue weighted by atomic mass is 16.6. The van der Waals surface area contributed by atoms with E-state index in [1.54, 1.807) is 29.2 Å². The summed E-state index contributed by atoms with van der Waals surface area (Å²) in [6.45, 7) is 0.413. The third-order valence-electron chi connectivity index (χ3n) is 5.04. The fourth-order valence-electron chi connectivity index (χ4n) is 3.10. The summed E-state index contributed by atoms with van der Waals surface area (Å²) >= 11 is 0. The van der Waals surface area contributed by atoms with Gasteiger partial charge in [0.15, 0.2) is 0 Å². The molecular formula is C21H22N4O4. The van der Waals surface area contributed by atoms with Crippen LogP contribution in [0.15, 0.2) is 48.5 Å². The van der Waals surface area contributed by atoms with Gasteiger partial charge in [-0.05, 0) is 49.4 Å². The highest BCUT2D eigenvalue weighted by molar-refractivity contribution is 5.94. The van der Waals surface area contributed by atoms with Crippen LogP contribution < -0.4 is 10.6 Å². The van der Waals surface area contributed by atoms with Crippen LogP contribution in [0.25, 0.3) is 0 Å². The maximum atomic E-state index is 12.8. The summed E-state index contributed by atoms with van der Waals surface area (Å²) in [5, 5.41) is 16.6. The number of anilines is 1. The average molecular weight is 394 g/mol. The number of nitro groups is 1. The van der Waals surface area contributed by atoms with Crippen molar-refractivity contribution in [2.75, 3.05) is 5.32 Å². The molecule has 150 valence electrons. The largest absolute Gasteiger partial charge is 0.349 e. The highest BCUT2D eigenvalue weighted by Gasteiger charge is 2.33. The molecule has 4 rings (SSSR count). The van der Waals surface area contributed by atoms with Gasteiger partial charge in [-0.3, -0.25) is 14.9 Å². The molecule has 2 aromatic rings. The molecule has 0 atom stereocenters. The molecule has 8 heteroatoms. The summed E-state index contributed by atoms with van der Waals surface area (Å²) in [5.74, 6) is -0.0680. The molecule has 2 N–H and O–H groups in total. The lowest BCUT2D eigenvalue weighted by Crippen LogP contribution is -2.36. The first kappa shape index (κ1) is 18.9. The lowest BCUT2D eigenvalue weighted by molar-refractivity contribution is -0.384. The van der Waals surface area contributed by atoms with Crippen molar-refractivity contribution in [3.8, 4) is 0 Å². The minimum absolute atomic E-state index is 0.0680. The molecule has 0 bridgehead atoms. The van der Waals surface area contributed by atoms with E-state index < -0.39 is 4.92 Å². The Morgan fingerprint density at radius 2 is 1.79 bits per heavy atom. The van der Waals surface area contributed by atoms with Crippen molar-refractivity contribution in [3.05, 3.63) is 69.8 Å². The Balaban J connectivity index is 1.41. The van der Waals surface area contributed by atoms with Crippen LogP contribution in [0.4, 0.5) is 16.2 Å². The van der Waals surface area contributed by atoms with Gasteiger partial charge in [0.1, 0.15) is 0 Å². The number of benzene rings is 2. The van der Waals surface area contributed by atoms with E-state index in [0.29, 0.717) is 23.8 Å². The van der Waals surface area contributed by atoms with Gasteiger partial charge in [0.2, 0.25) is 0 Å². The first-order valence-corrected chi connectivity index (χ1v) is 9.71. The third kappa shape index (κ3) is 4.90. The summed E-state index contributed by atoms with van der Waals surface area (Å²) in [6, 6.07) is 13.3. The standard InChI is InChI=1S/C21H22N4O4/c26-20(22-16-8-9-16)15-6-4-14(5-7-15)13-24(18-10-11-18)21(27)23-17-2-1-3-19(12-17)25(28)29/h1-7,12,16,18H,8-11,13H2,(H,22,26)(H,23,27). The Kier molecular flexibility index (Phi) is 5.16. The maximum Gasteiger partial charge on any atom is 0.322 e. The van der Waals surface area contributed by atoms with Crippen LogP contribution in [0.1, 0.15) is 41.6 Å². The molecule has 0 aliphatic heterocycles. The van der Waals surface area contributed by atoms with Crippen molar-refractivity contribution in [1.82, 2.24) is 10.2 Å². The van der Waals surface area contributed by atoms with E-state index in [2.05, 4.69) is 10.6 Å². The number of carbonyl (C=O) groups excluding carboxylic acids is 2. The number of carbonyl (C=O) groups is 2. The molecule has 0 unspecified atom stereocenters. The summed E-state index contributed by atoms with van der Waals surface area (Å²) in [7, 11) is 0. The lowest BCUT2D eigenvalue weighted by Gasteiger charge is -2.23. The van der Waals surface area contributed by atoms with Gasteiger partial charge in [-0.2, -0.15) is 0 Å². The Bertz CT molecular complexity index is 936. The topological polar surface area (TPSA) is 105 Å². The summed E-state index contributed by atoms with van der Waals surface area (Å²) in [4.78, 5) is 37.0. The molecule has 2 aliphatic rings. The zero-order valence-corrected chi connectivity index (χ0v) is 15.8. The number of hydrogen-bond acceptors (Lipinski definition) is 4. The first-order valence-electron chi connectivity index (χ1n) is 9.71. The maximum absolute atomic E-state index is 12.8. The van der Waals surface area contributed by atoms with Crippen LogP contribution in [0.5, 0.6) is 0 Å². The molecule has 0 aromatic heterocycles. The Hall–Kier alpha value is -3.42. The fraction of sp³-hybridized carbons (Fsp3) is 0.333. The average Bonchev–Trinajstić information content (AvgIpc) is 3.61. The number of nitro benzene ring substituents is 1. The van der Waals surface area contributed by atoms with E-state index in [1.807, 2.05) is 12.1 Å². The van der Waals surface area contributed by atoms with Crippen molar-refractivity contribution >= 4 is 23.3 Å². The van der Waals surface area contributed by atoms with Crippen molar-refractivity contribution in [2.45, 2.75) is 44.3 Å². The van der Waals surface area contributed by atoms with E-state index >= 15 is 0 Å². The molecule has 2 aliphatic carbocycles. The molecular weight excluding hydrogens is 372 g/mol. The quantitative estimate of drug-likeness (QED) is 0.552. The lowest BCUT2D eigenvalue weighted by atomic mass is 10.1. The summed E-state index contributed by atoms with van der Waals surface area (Å²) in [5.41, 5.74) is 1.86. The number of nitrogens with one attached hydrogen (secondary N) is 2. The van der Waals surface area contributed by atoms with Crippen LogP contribution >= 0.6 is 0 Å². The number of hydrogen-bond donors (Lipinski definition) is 2. The molecule has 8 nitrogen and oxygen atoms in total. The second-order valence-corrected chi connectivity index (χ2v) is 7.54. The molecule has 0 saturated heterocycles. The molecule has 0 spiro atoms. The van der Waals surface area contributed by atoms with Gasteiger partial charge < -0.3 is 15.5 Å². The number of nitrogens with zero attached hydrogens (tertiary/aromatic N) is 2. The van der Waals surface area contributed by atoms with Gasteiger partial charge in [0.25, 0.3) is 11.6 Å². The fourth-order valence-corrected chi connectivity index (χ4v) is 3.10. The molecule has 0 radical (unpaired) electrons. The minimum atomic E-state index is -0.491. The second kappa shape index (κ2) is 7.90. The molecule has 2 saturated carbocycles. The van der Waals surface area contributed by atoms with Crippen molar-refractivity contribution in [2.24, 2.45) is 0 Å². The molecule has 3 amide bonds. The van der Waals surface area contributed by atoms with Crippen LogP contribution in [0.2, 0.25) is 0 Å². The predicted octanol–water partition coefficient (Wildman–Crippen LogP) is 3.68.